The van der Waals surface area contributed by atoms with E-state index < -0.39 is 6.10 Å². The van der Waals surface area contributed by atoms with Crippen LogP contribution in [-0.4, -0.2) is 60.1 Å². The van der Waals surface area contributed by atoms with Crippen molar-refractivity contribution in [1.29, 1.82) is 0 Å². The average molecular weight is 369 g/mol. The van der Waals surface area contributed by atoms with Crippen LogP contribution in [0.15, 0.2) is 30.6 Å². The van der Waals surface area contributed by atoms with E-state index in [2.05, 4.69) is 32.1 Å². The number of rotatable bonds is 5. The van der Waals surface area contributed by atoms with E-state index in [-0.39, 0.29) is 5.91 Å². The Kier molecular flexibility index (Phi) is 5.91. The van der Waals surface area contributed by atoms with E-state index in [0.717, 1.165) is 48.9 Å². The smallest absolute Gasteiger partial charge is 0.266 e. The van der Waals surface area contributed by atoms with Crippen LogP contribution in [0.25, 0.3) is 0 Å². The summed E-state index contributed by atoms with van der Waals surface area (Å²) >= 11 is 0. The minimum Gasteiger partial charge on any atom is -0.481 e. The van der Waals surface area contributed by atoms with Gasteiger partial charge >= 0.3 is 0 Å². The summed E-state index contributed by atoms with van der Waals surface area (Å²) in [6, 6.07) is 7.64. The molecule has 1 unspecified atom stereocenters. The highest BCUT2D eigenvalue weighted by molar-refractivity contribution is 5.93. The topological polar surface area (TPSA) is 70.6 Å². The molecule has 7 nitrogen and oxygen atoms in total. The molecule has 1 aromatic carbocycles. The van der Waals surface area contributed by atoms with Gasteiger partial charge in [0, 0.05) is 32.2 Å². The van der Waals surface area contributed by atoms with Gasteiger partial charge in [0.25, 0.3) is 5.91 Å². The van der Waals surface area contributed by atoms with Crippen molar-refractivity contribution in [3.63, 3.8) is 0 Å². The van der Waals surface area contributed by atoms with Crippen molar-refractivity contribution in [2.75, 3.05) is 43.4 Å². The molecule has 1 aliphatic heterocycles. The molecule has 3 rings (SSSR count). The van der Waals surface area contributed by atoms with Crippen LogP contribution < -0.4 is 15.0 Å². The van der Waals surface area contributed by atoms with E-state index in [1.54, 1.807) is 6.92 Å². The summed E-state index contributed by atoms with van der Waals surface area (Å²) in [6.07, 6.45) is 0.854. The largest absolute Gasteiger partial charge is 0.481 e. The number of benzene rings is 1. The zero-order valence-electron chi connectivity index (χ0n) is 16.4. The first-order valence-corrected chi connectivity index (χ1v) is 9.23. The number of ether oxygens (including phenoxy) is 1. The Labute approximate surface area is 160 Å². The second-order valence-electron chi connectivity index (χ2n) is 7.00. The molecule has 1 aromatic heterocycles. The van der Waals surface area contributed by atoms with Crippen LogP contribution in [0.4, 0.5) is 11.6 Å². The molecule has 1 aliphatic rings. The first-order chi connectivity index (χ1) is 12.9. The van der Waals surface area contributed by atoms with Crippen molar-refractivity contribution in [2.45, 2.75) is 26.9 Å². The van der Waals surface area contributed by atoms with Gasteiger partial charge in [-0.05, 0) is 45.0 Å². The number of hydrogen-bond donors (Lipinski definition) is 1. The summed E-state index contributed by atoms with van der Waals surface area (Å²) in [7, 11) is 2.11. The van der Waals surface area contributed by atoms with Gasteiger partial charge in [-0.15, -0.1) is 0 Å². The normalized spacial score (nSPS) is 16.1. The summed E-state index contributed by atoms with van der Waals surface area (Å²) < 4.78 is 5.85. The third-order valence-corrected chi connectivity index (χ3v) is 4.96. The molecule has 2 heterocycles. The van der Waals surface area contributed by atoms with Gasteiger partial charge in [-0.3, -0.25) is 4.79 Å². The third kappa shape index (κ3) is 4.74. The standard InChI is InChI=1S/C20H27N5O2/c1-14-6-5-7-17(15(14)2)27-16(3)20(26)23-18-12-19(22-13-21-18)25-10-8-24(4)9-11-25/h5-7,12-13,16H,8-11H2,1-4H3,(H,21,22,23,26). The Hall–Kier alpha value is -2.67. The number of hydrogen-bond acceptors (Lipinski definition) is 6. The lowest BCUT2D eigenvalue weighted by Gasteiger charge is -2.33. The molecule has 1 atom stereocenters. The lowest BCUT2D eigenvalue weighted by molar-refractivity contribution is -0.122. The average Bonchev–Trinajstić information content (AvgIpc) is 2.66. The summed E-state index contributed by atoms with van der Waals surface area (Å²) in [4.78, 5) is 25.5. The summed E-state index contributed by atoms with van der Waals surface area (Å²) in [6.45, 7) is 9.55. The van der Waals surface area contributed by atoms with E-state index in [4.69, 9.17) is 4.74 Å². The van der Waals surface area contributed by atoms with Crippen LogP contribution in [0, 0.1) is 13.8 Å². The van der Waals surface area contributed by atoms with Gasteiger partial charge in [-0.25, -0.2) is 9.97 Å². The van der Waals surface area contributed by atoms with Crippen LogP contribution >= 0.6 is 0 Å². The van der Waals surface area contributed by atoms with Crippen LogP contribution in [0.2, 0.25) is 0 Å². The molecule has 0 saturated carbocycles. The van der Waals surface area contributed by atoms with Crippen molar-refractivity contribution < 1.29 is 9.53 Å². The number of aromatic nitrogens is 2. The first-order valence-electron chi connectivity index (χ1n) is 9.23. The molecule has 1 fully saturated rings. The summed E-state index contributed by atoms with van der Waals surface area (Å²) in [5, 5.41) is 2.83. The Balaban J connectivity index is 1.63. The number of carbonyl (C=O) groups excluding carboxylic acids is 1. The molecule has 144 valence electrons. The fourth-order valence-corrected chi connectivity index (χ4v) is 2.95. The Morgan fingerprint density at radius 3 is 2.67 bits per heavy atom. The van der Waals surface area contributed by atoms with Crippen molar-refractivity contribution in [3.05, 3.63) is 41.7 Å². The zero-order valence-corrected chi connectivity index (χ0v) is 16.4. The van der Waals surface area contributed by atoms with Gasteiger partial charge in [-0.1, -0.05) is 12.1 Å². The quantitative estimate of drug-likeness (QED) is 0.872. The third-order valence-electron chi connectivity index (χ3n) is 4.96. The molecule has 7 heteroatoms. The maximum atomic E-state index is 12.5. The van der Waals surface area contributed by atoms with Crippen molar-refractivity contribution in [1.82, 2.24) is 14.9 Å². The molecule has 1 saturated heterocycles. The lowest BCUT2D eigenvalue weighted by atomic mass is 10.1. The molecule has 0 radical (unpaired) electrons. The Morgan fingerprint density at radius 1 is 1.19 bits per heavy atom. The van der Waals surface area contributed by atoms with Gasteiger partial charge in [0.2, 0.25) is 0 Å². The Bertz CT molecular complexity index is 803. The van der Waals surface area contributed by atoms with E-state index in [9.17, 15) is 4.79 Å². The van der Waals surface area contributed by atoms with Gasteiger partial charge < -0.3 is 19.9 Å². The van der Waals surface area contributed by atoms with E-state index in [1.165, 1.54) is 6.33 Å². The fourth-order valence-electron chi connectivity index (χ4n) is 2.95. The predicted octanol–water partition coefficient (Wildman–Crippen LogP) is 2.25. The SMILES string of the molecule is Cc1cccc(OC(C)C(=O)Nc2cc(N3CCN(C)CC3)ncn2)c1C. The van der Waals surface area contributed by atoms with Crippen molar-refractivity contribution >= 4 is 17.5 Å². The van der Waals surface area contributed by atoms with E-state index >= 15 is 0 Å². The fraction of sp³-hybridized carbons (Fsp3) is 0.450. The summed E-state index contributed by atoms with van der Waals surface area (Å²) in [5.74, 6) is 1.80. The number of nitrogens with zero attached hydrogens (tertiary/aromatic N) is 4. The highest BCUT2D eigenvalue weighted by Crippen LogP contribution is 2.22. The van der Waals surface area contributed by atoms with Gasteiger partial charge in [0.05, 0.1) is 0 Å². The van der Waals surface area contributed by atoms with Gasteiger partial charge in [0.1, 0.15) is 23.7 Å². The number of nitrogens with one attached hydrogen (secondary N) is 1. The number of likely N-dealkylation sites (N-methyl/N-ethyl adjacent to an activating group) is 1. The zero-order chi connectivity index (χ0) is 19.4. The molecule has 0 spiro atoms. The summed E-state index contributed by atoms with van der Waals surface area (Å²) in [5.41, 5.74) is 2.17. The predicted molar refractivity (Wildman–Crippen MR) is 106 cm³/mol. The molecular weight excluding hydrogens is 342 g/mol. The molecule has 0 aliphatic carbocycles. The number of carbonyl (C=O) groups is 1. The highest BCUT2D eigenvalue weighted by atomic mass is 16.5. The lowest BCUT2D eigenvalue weighted by Crippen LogP contribution is -2.44. The highest BCUT2D eigenvalue weighted by Gasteiger charge is 2.19. The monoisotopic (exact) mass is 369 g/mol. The molecule has 1 N–H and O–H groups in total. The van der Waals surface area contributed by atoms with E-state index in [0.29, 0.717) is 5.82 Å². The van der Waals surface area contributed by atoms with Crippen molar-refractivity contribution in [3.8, 4) is 5.75 Å². The van der Waals surface area contributed by atoms with Gasteiger partial charge in [0.15, 0.2) is 6.10 Å². The minimum absolute atomic E-state index is 0.237. The Morgan fingerprint density at radius 2 is 1.93 bits per heavy atom. The molecule has 2 aromatic rings. The maximum absolute atomic E-state index is 12.5. The van der Waals surface area contributed by atoms with Crippen LogP contribution in [-0.2, 0) is 4.79 Å². The second-order valence-corrected chi connectivity index (χ2v) is 7.00. The number of aryl methyl sites for hydroxylation is 1. The molecular formula is C20H27N5O2. The first kappa shape index (κ1) is 19.1. The van der Waals surface area contributed by atoms with Gasteiger partial charge in [-0.2, -0.15) is 0 Å². The van der Waals surface area contributed by atoms with Crippen LogP contribution in [0.1, 0.15) is 18.1 Å². The maximum Gasteiger partial charge on any atom is 0.266 e. The minimum atomic E-state index is -0.632. The number of anilines is 2. The van der Waals surface area contributed by atoms with Crippen LogP contribution in [0.5, 0.6) is 5.75 Å². The molecule has 1 amide bonds. The number of piperazine rings is 1. The second kappa shape index (κ2) is 8.35. The van der Waals surface area contributed by atoms with Crippen LogP contribution in [0.3, 0.4) is 0 Å². The van der Waals surface area contributed by atoms with Crippen molar-refractivity contribution in [2.24, 2.45) is 0 Å². The number of amides is 1. The molecule has 27 heavy (non-hydrogen) atoms. The van der Waals surface area contributed by atoms with E-state index in [1.807, 2.05) is 38.1 Å². The molecule has 0 bridgehead atoms.